The average molecular weight is 373 g/mol. The summed E-state index contributed by atoms with van der Waals surface area (Å²) < 4.78 is 0.902. The fraction of sp³-hybridized carbons (Fsp3) is 0.588. The van der Waals surface area contributed by atoms with Gasteiger partial charge in [0.25, 0.3) is 0 Å². The number of carbonyl (C=O) groups is 1. The SMILES string of the molecule is CCC1(CC)CCN(CCC(=O)c2ccc(Br)cc2Cl)C1. The number of rotatable bonds is 6. The highest BCUT2D eigenvalue weighted by molar-refractivity contribution is 9.10. The Hall–Kier alpha value is -0.380. The molecular weight excluding hydrogens is 350 g/mol. The maximum atomic E-state index is 12.3. The molecule has 0 spiro atoms. The highest BCUT2D eigenvalue weighted by atomic mass is 79.9. The predicted molar refractivity (Wildman–Crippen MR) is 92.2 cm³/mol. The lowest BCUT2D eigenvalue weighted by molar-refractivity contribution is 0.0966. The highest BCUT2D eigenvalue weighted by Gasteiger charge is 2.34. The number of halogens is 2. The van der Waals surface area contributed by atoms with E-state index in [-0.39, 0.29) is 5.78 Å². The number of hydrogen-bond donors (Lipinski definition) is 0. The molecule has 1 heterocycles. The Kier molecular flexibility index (Phi) is 5.87. The molecule has 0 aromatic heterocycles. The van der Waals surface area contributed by atoms with E-state index in [9.17, 15) is 4.79 Å². The summed E-state index contributed by atoms with van der Waals surface area (Å²) >= 11 is 9.51. The van der Waals surface area contributed by atoms with Crippen LogP contribution in [0.2, 0.25) is 5.02 Å². The molecule has 1 saturated heterocycles. The van der Waals surface area contributed by atoms with Gasteiger partial charge in [-0.1, -0.05) is 41.4 Å². The van der Waals surface area contributed by atoms with Crippen molar-refractivity contribution in [3.8, 4) is 0 Å². The standard InChI is InChI=1S/C17H23BrClNO/c1-3-17(4-2)8-10-20(12-17)9-7-16(21)14-6-5-13(18)11-15(14)19/h5-6,11H,3-4,7-10,12H2,1-2H3. The van der Waals surface area contributed by atoms with Crippen molar-refractivity contribution < 1.29 is 4.79 Å². The van der Waals surface area contributed by atoms with Gasteiger partial charge in [0.1, 0.15) is 0 Å². The summed E-state index contributed by atoms with van der Waals surface area (Å²) in [6, 6.07) is 5.46. The number of Topliss-reactive ketones (excluding diaryl/α,β-unsaturated/α-hetero) is 1. The van der Waals surface area contributed by atoms with Crippen LogP contribution < -0.4 is 0 Å². The topological polar surface area (TPSA) is 20.3 Å². The van der Waals surface area contributed by atoms with Gasteiger partial charge in [-0.15, -0.1) is 0 Å². The molecule has 1 fully saturated rings. The monoisotopic (exact) mass is 371 g/mol. The molecule has 1 aliphatic rings. The molecule has 116 valence electrons. The van der Waals surface area contributed by atoms with Crippen molar-refractivity contribution in [2.24, 2.45) is 5.41 Å². The molecule has 0 bridgehead atoms. The van der Waals surface area contributed by atoms with Gasteiger partial charge in [0, 0.05) is 29.5 Å². The summed E-state index contributed by atoms with van der Waals surface area (Å²) in [6.45, 7) is 7.64. The van der Waals surface area contributed by atoms with Gasteiger partial charge in [0.05, 0.1) is 5.02 Å². The summed E-state index contributed by atoms with van der Waals surface area (Å²) in [5, 5.41) is 0.535. The molecule has 0 amide bonds. The third-order valence-corrected chi connectivity index (χ3v) is 5.71. The zero-order valence-corrected chi connectivity index (χ0v) is 15.1. The number of likely N-dealkylation sites (tertiary alicyclic amines) is 1. The van der Waals surface area contributed by atoms with Crippen LogP contribution in [0, 0.1) is 5.41 Å². The quantitative estimate of drug-likeness (QED) is 0.641. The minimum atomic E-state index is 0.137. The minimum absolute atomic E-state index is 0.137. The second kappa shape index (κ2) is 7.26. The Balaban J connectivity index is 1.90. The first kappa shape index (κ1) is 17.0. The molecule has 0 aliphatic carbocycles. The smallest absolute Gasteiger partial charge is 0.165 e. The minimum Gasteiger partial charge on any atom is -0.302 e. The van der Waals surface area contributed by atoms with Gasteiger partial charge in [-0.05, 0) is 49.4 Å². The van der Waals surface area contributed by atoms with Crippen LogP contribution in [0.3, 0.4) is 0 Å². The van der Waals surface area contributed by atoms with Crippen LogP contribution in [-0.4, -0.2) is 30.3 Å². The van der Waals surface area contributed by atoms with Crippen molar-refractivity contribution in [3.63, 3.8) is 0 Å². The number of nitrogens with zero attached hydrogens (tertiary/aromatic N) is 1. The molecule has 0 atom stereocenters. The van der Waals surface area contributed by atoms with Crippen molar-refractivity contribution in [1.82, 2.24) is 4.90 Å². The number of ketones is 1. The predicted octanol–water partition coefficient (Wildman–Crippen LogP) is 5.19. The molecule has 2 rings (SSSR count). The summed E-state index contributed by atoms with van der Waals surface area (Å²) in [4.78, 5) is 14.7. The zero-order chi connectivity index (χ0) is 15.5. The summed E-state index contributed by atoms with van der Waals surface area (Å²) in [6.07, 6.45) is 4.26. The maximum Gasteiger partial charge on any atom is 0.165 e. The average Bonchev–Trinajstić information content (AvgIpc) is 2.89. The third kappa shape index (κ3) is 4.08. The van der Waals surface area contributed by atoms with E-state index in [1.54, 1.807) is 12.1 Å². The van der Waals surface area contributed by atoms with E-state index >= 15 is 0 Å². The first-order chi connectivity index (χ1) is 9.99. The molecule has 1 aromatic carbocycles. The van der Waals surface area contributed by atoms with Crippen LogP contribution >= 0.6 is 27.5 Å². The van der Waals surface area contributed by atoms with Crippen LogP contribution in [-0.2, 0) is 0 Å². The molecular formula is C17H23BrClNO. The molecule has 2 nitrogen and oxygen atoms in total. The molecule has 0 N–H and O–H groups in total. The van der Waals surface area contributed by atoms with Gasteiger partial charge in [-0.25, -0.2) is 0 Å². The van der Waals surface area contributed by atoms with Crippen LogP contribution in [0.5, 0.6) is 0 Å². The van der Waals surface area contributed by atoms with Gasteiger partial charge in [0.2, 0.25) is 0 Å². The van der Waals surface area contributed by atoms with E-state index < -0.39 is 0 Å². The Bertz CT molecular complexity index is 514. The molecule has 21 heavy (non-hydrogen) atoms. The lowest BCUT2D eigenvalue weighted by atomic mass is 9.82. The zero-order valence-electron chi connectivity index (χ0n) is 12.8. The van der Waals surface area contributed by atoms with Gasteiger partial charge < -0.3 is 4.90 Å². The van der Waals surface area contributed by atoms with Crippen molar-refractivity contribution in [3.05, 3.63) is 33.3 Å². The van der Waals surface area contributed by atoms with Gasteiger partial charge in [-0.3, -0.25) is 4.79 Å². The van der Waals surface area contributed by atoms with Crippen molar-refractivity contribution in [1.29, 1.82) is 0 Å². The number of benzene rings is 1. The first-order valence-corrected chi connectivity index (χ1v) is 8.87. The van der Waals surface area contributed by atoms with Crippen LogP contribution in [0.4, 0.5) is 0 Å². The lowest BCUT2D eigenvalue weighted by Crippen LogP contribution is -2.28. The van der Waals surface area contributed by atoms with Crippen LogP contribution in [0.25, 0.3) is 0 Å². The van der Waals surface area contributed by atoms with E-state index in [4.69, 9.17) is 11.6 Å². The van der Waals surface area contributed by atoms with E-state index in [0.29, 0.717) is 22.4 Å². The van der Waals surface area contributed by atoms with Crippen molar-refractivity contribution >= 4 is 33.3 Å². The van der Waals surface area contributed by atoms with Crippen molar-refractivity contribution in [2.75, 3.05) is 19.6 Å². The summed E-state index contributed by atoms with van der Waals surface area (Å²) in [5.41, 5.74) is 1.11. The Morgan fingerprint density at radius 1 is 1.38 bits per heavy atom. The third-order valence-electron chi connectivity index (χ3n) is 4.90. The molecule has 1 aromatic rings. The Morgan fingerprint density at radius 3 is 2.67 bits per heavy atom. The molecule has 0 unspecified atom stereocenters. The van der Waals surface area contributed by atoms with Crippen molar-refractivity contribution in [2.45, 2.75) is 39.5 Å². The normalized spacial score (nSPS) is 18.1. The van der Waals surface area contributed by atoms with Gasteiger partial charge in [0.15, 0.2) is 5.78 Å². The second-order valence-electron chi connectivity index (χ2n) is 6.03. The number of hydrogen-bond acceptors (Lipinski definition) is 2. The molecule has 0 saturated carbocycles. The molecule has 4 heteroatoms. The van der Waals surface area contributed by atoms with Crippen LogP contribution in [0.1, 0.15) is 49.9 Å². The maximum absolute atomic E-state index is 12.3. The highest BCUT2D eigenvalue weighted by Crippen LogP contribution is 2.37. The van der Waals surface area contributed by atoms with E-state index in [0.717, 1.165) is 24.1 Å². The summed E-state index contributed by atoms with van der Waals surface area (Å²) in [5.74, 6) is 0.137. The molecule has 0 radical (unpaired) electrons. The Morgan fingerprint density at radius 2 is 2.10 bits per heavy atom. The van der Waals surface area contributed by atoms with Gasteiger partial charge >= 0.3 is 0 Å². The molecule has 1 aliphatic heterocycles. The fourth-order valence-corrected chi connectivity index (χ4v) is 3.93. The van der Waals surface area contributed by atoms with Gasteiger partial charge in [-0.2, -0.15) is 0 Å². The number of carbonyl (C=O) groups excluding carboxylic acids is 1. The van der Waals surface area contributed by atoms with E-state index in [2.05, 4.69) is 34.7 Å². The lowest BCUT2D eigenvalue weighted by Gasteiger charge is -2.26. The summed E-state index contributed by atoms with van der Waals surface area (Å²) in [7, 11) is 0. The van der Waals surface area contributed by atoms with Crippen LogP contribution in [0.15, 0.2) is 22.7 Å². The fourth-order valence-electron chi connectivity index (χ4n) is 3.16. The first-order valence-electron chi connectivity index (χ1n) is 7.70. The van der Waals surface area contributed by atoms with E-state index in [1.165, 1.54) is 19.3 Å². The Labute approximate surface area is 141 Å². The second-order valence-corrected chi connectivity index (χ2v) is 7.35. The largest absolute Gasteiger partial charge is 0.302 e. The van der Waals surface area contributed by atoms with E-state index in [1.807, 2.05) is 6.07 Å².